The fraction of sp³-hybridized carbons (Fsp3) is 0.571. The molecule has 0 heterocycles. The van der Waals surface area contributed by atoms with E-state index in [2.05, 4.69) is 22.9 Å². The first-order valence-electron chi connectivity index (χ1n) is 6.28. The predicted molar refractivity (Wildman–Crippen MR) is 79.6 cm³/mol. The second-order valence-corrected chi connectivity index (χ2v) is 4.20. The lowest BCUT2D eigenvalue weighted by Gasteiger charge is -2.07. The van der Waals surface area contributed by atoms with Crippen LogP contribution in [0.15, 0.2) is 24.3 Å². The van der Waals surface area contributed by atoms with Crippen LogP contribution in [0.2, 0.25) is 0 Å². The lowest BCUT2D eigenvalue weighted by molar-refractivity contribution is 0.415. The highest BCUT2D eigenvalue weighted by molar-refractivity contribution is 5.47. The summed E-state index contributed by atoms with van der Waals surface area (Å²) in [6.07, 6.45) is 0. The molecule has 0 radical (unpaired) electrons. The van der Waals surface area contributed by atoms with Crippen molar-refractivity contribution in [2.45, 2.75) is 6.92 Å². The standard InChI is InChI=1S/C8H11NO.C6H16N2/c1-9-7-4-3-5-8(6-7)10-2;1-6(4-7-2)5-8-3/h3-6,9H,1-2H3;6-8H,4-5H2,1-3H3. The first-order chi connectivity index (χ1) is 8.67. The van der Waals surface area contributed by atoms with Gasteiger partial charge in [-0.1, -0.05) is 13.0 Å². The Morgan fingerprint density at radius 3 is 2.17 bits per heavy atom. The van der Waals surface area contributed by atoms with Crippen LogP contribution < -0.4 is 20.7 Å². The van der Waals surface area contributed by atoms with Crippen LogP contribution in [-0.4, -0.2) is 41.3 Å². The van der Waals surface area contributed by atoms with Gasteiger partial charge in [0.25, 0.3) is 0 Å². The summed E-state index contributed by atoms with van der Waals surface area (Å²) in [7, 11) is 7.50. The molecule has 0 fully saturated rings. The minimum absolute atomic E-state index is 0.741. The molecule has 4 nitrogen and oxygen atoms in total. The van der Waals surface area contributed by atoms with Gasteiger partial charge in [-0.25, -0.2) is 0 Å². The fourth-order valence-electron chi connectivity index (χ4n) is 1.55. The number of rotatable bonds is 6. The van der Waals surface area contributed by atoms with Gasteiger partial charge in [-0.2, -0.15) is 0 Å². The highest BCUT2D eigenvalue weighted by Crippen LogP contribution is 2.15. The molecule has 104 valence electrons. The van der Waals surface area contributed by atoms with Crippen LogP contribution in [0.1, 0.15) is 6.92 Å². The largest absolute Gasteiger partial charge is 0.497 e. The van der Waals surface area contributed by atoms with Gasteiger partial charge in [0.1, 0.15) is 5.75 Å². The topological polar surface area (TPSA) is 45.3 Å². The zero-order valence-corrected chi connectivity index (χ0v) is 12.2. The lowest BCUT2D eigenvalue weighted by Crippen LogP contribution is -2.25. The van der Waals surface area contributed by atoms with E-state index in [-0.39, 0.29) is 0 Å². The van der Waals surface area contributed by atoms with Crippen molar-refractivity contribution in [3.8, 4) is 5.75 Å². The molecular weight excluding hydrogens is 226 g/mol. The van der Waals surface area contributed by atoms with E-state index in [4.69, 9.17) is 4.74 Å². The Bertz CT molecular complexity index is 280. The van der Waals surface area contributed by atoms with Gasteiger partial charge >= 0.3 is 0 Å². The maximum atomic E-state index is 5.02. The van der Waals surface area contributed by atoms with E-state index >= 15 is 0 Å². The number of benzene rings is 1. The van der Waals surface area contributed by atoms with Crippen LogP contribution in [0.3, 0.4) is 0 Å². The molecule has 0 atom stereocenters. The summed E-state index contributed by atoms with van der Waals surface area (Å²) in [5.74, 6) is 1.62. The second-order valence-electron chi connectivity index (χ2n) is 4.20. The average molecular weight is 253 g/mol. The van der Waals surface area contributed by atoms with Crippen molar-refractivity contribution >= 4 is 5.69 Å². The van der Waals surface area contributed by atoms with Crippen molar-refractivity contribution in [1.29, 1.82) is 0 Å². The third-order valence-corrected chi connectivity index (χ3v) is 2.46. The summed E-state index contributed by atoms with van der Waals surface area (Å²) < 4.78 is 5.02. The molecule has 4 heteroatoms. The molecule has 1 aromatic rings. The number of methoxy groups -OCH3 is 1. The molecule has 1 rings (SSSR count). The molecule has 0 bridgehead atoms. The molecule has 0 saturated carbocycles. The van der Waals surface area contributed by atoms with Gasteiger partial charge in [0.05, 0.1) is 7.11 Å². The van der Waals surface area contributed by atoms with Gasteiger partial charge in [0, 0.05) is 18.8 Å². The third kappa shape index (κ3) is 7.92. The number of nitrogens with one attached hydrogen (secondary N) is 3. The number of hydrogen-bond acceptors (Lipinski definition) is 4. The zero-order valence-electron chi connectivity index (χ0n) is 12.2. The molecule has 18 heavy (non-hydrogen) atoms. The summed E-state index contributed by atoms with van der Waals surface area (Å²) in [5.41, 5.74) is 1.07. The highest BCUT2D eigenvalue weighted by Gasteiger charge is 1.95. The number of ether oxygens (including phenoxy) is 1. The highest BCUT2D eigenvalue weighted by atomic mass is 16.5. The fourth-order valence-corrected chi connectivity index (χ4v) is 1.55. The molecule has 1 aromatic carbocycles. The van der Waals surface area contributed by atoms with Gasteiger partial charge in [0.15, 0.2) is 0 Å². The van der Waals surface area contributed by atoms with E-state index in [9.17, 15) is 0 Å². The lowest BCUT2D eigenvalue weighted by atomic mass is 10.2. The normalized spacial score (nSPS) is 9.67. The summed E-state index contributed by atoms with van der Waals surface area (Å²) in [6.45, 7) is 4.41. The molecule has 0 saturated heterocycles. The van der Waals surface area contributed by atoms with E-state index in [0.717, 1.165) is 30.4 Å². The molecule has 3 N–H and O–H groups in total. The minimum atomic E-state index is 0.741. The average Bonchev–Trinajstić information content (AvgIpc) is 2.40. The molecule has 0 aliphatic carbocycles. The second kappa shape index (κ2) is 10.9. The Morgan fingerprint density at radius 1 is 1.11 bits per heavy atom. The van der Waals surface area contributed by atoms with Crippen LogP contribution in [-0.2, 0) is 0 Å². The molecule has 0 spiro atoms. The van der Waals surface area contributed by atoms with Gasteiger partial charge < -0.3 is 20.7 Å². The van der Waals surface area contributed by atoms with Crippen LogP contribution in [0, 0.1) is 5.92 Å². The molecule has 0 amide bonds. The van der Waals surface area contributed by atoms with Gasteiger partial charge in [-0.3, -0.25) is 0 Å². The van der Waals surface area contributed by atoms with Crippen molar-refractivity contribution in [2.24, 2.45) is 5.92 Å². The SMILES string of the molecule is CNCC(C)CNC.CNc1cccc(OC)c1. The van der Waals surface area contributed by atoms with Crippen LogP contribution in [0.4, 0.5) is 5.69 Å². The Kier molecular flexibility index (Phi) is 10.1. The summed E-state index contributed by atoms with van der Waals surface area (Å²) in [4.78, 5) is 0. The van der Waals surface area contributed by atoms with Crippen LogP contribution >= 0.6 is 0 Å². The first kappa shape index (κ1) is 16.7. The maximum Gasteiger partial charge on any atom is 0.120 e. The Balaban J connectivity index is 0.000000331. The smallest absolute Gasteiger partial charge is 0.120 e. The quantitative estimate of drug-likeness (QED) is 0.723. The minimum Gasteiger partial charge on any atom is -0.497 e. The summed E-state index contributed by atoms with van der Waals surface area (Å²) in [5, 5.41) is 9.25. The predicted octanol–water partition coefficient (Wildman–Crippen LogP) is 1.80. The van der Waals surface area contributed by atoms with Crippen LogP contribution in [0.25, 0.3) is 0 Å². The molecule has 0 unspecified atom stereocenters. The molecule has 0 aliphatic heterocycles. The van der Waals surface area contributed by atoms with Gasteiger partial charge in [-0.05, 0) is 45.2 Å². The summed E-state index contributed by atoms with van der Waals surface area (Å²) in [6, 6.07) is 7.80. The van der Waals surface area contributed by atoms with Gasteiger partial charge in [-0.15, -0.1) is 0 Å². The Hall–Kier alpha value is -1.26. The van der Waals surface area contributed by atoms with Crippen molar-refractivity contribution in [3.05, 3.63) is 24.3 Å². The first-order valence-corrected chi connectivity index (χ1v) is 6.28. The van der Waals surface area contributed by atoms with Crippen LogP contribution in [0.5, 0.6) is 5.75 Å². The summed E-state index contributed by atoms with van der Waals surface area (Å²) >= 11 is 0. The van der Waals surface area contributed by atoms with E-state index in [1.165, 1.54) is 0 Å². The molecule has 0 aliphatic rings. The molecular formula is C14H27N3O. The molecule has 0 aromatic heterocycles. The Labute approximate surface area is 111 Å². The van der Waals surface area contributed by atoms with Gasteiger partial charge in [0.2, 0.25) is 0 Å². The monoisotopic (exact) mass is 253 g/mol. The van der Waals surface area contributed by atoms with Crippen molar-refractivity contribution in [3.63, 3.8) is 0 Å². The third-order valence-electron chi connectivity index (χ3n) is 2.46. The van der Waals surface area contributed by atoms with Crippen molar-refractivity contribution in [2.75, 3.05) is 46.7 Å². The van der Waals surface area contributed by atoms with Crippen molar-refractivity contribution < 1.29 is 4.74 Å². The van der Waals surface area contributed by atoms with E-state index in [1.54, 1.807) is 7.11 Å². The van der Waals surface area contributed by atoms with Crippen molar-refractivity contribution in [1.82, 2.24) is 10.6 Å². The number of hydrogen-bond donors (Lipinski definition) is 3. The van der Waals surface area contributed by atoms with E-state index in [1.807, 2.05) is 45.4 Å². The maximum absolute atomic E-state index is 5.02. The van der Waals surface area contributed by atoms with E-state index in [0.29, 0.717) is 0 Å². The Morgan fingerprint density at radius 2 is 1.72 bits per heavy atom. The zero-order chi connectivity index (χ0) is 13.8. The van der Waals surface area contributed by atoms with E-state index < -0.39 is 0 Å². The number of anilines is 1.